The third kappa shape index (κ3) is 77.4. The summed E-state index contributed by atoms with van der Waals surface area (Å²) in [5.41, 5.74) is 3.80. The quantitative estimate of drug-likeness (QED) is 0.0216. The second-order valence-corrected chi connectivity index (χ2v) is 50.1. The first kappa shape index (κ1) is 124. The van der Waals surface area contributed by atoms with Crippen LogP contribution in [-0.2, 0) is 28.7 Å². The van der Waals surface area contributed by atoms with Gasteiger partial charge in [-0.1, -0.05) is 239 Å². The van der Waals surface area contributed by atoms with Crippen LogP contribution in [0, 0.1) is 84.2 Å². The van der Waals surface area contributed by atoms with Crippen LogP contribution < -0.4 is 37.2 Å². The topological polar surface area (TPSA) is 226 Å². The van der Waals surface area contributed by atoms with Crippen molar-refractivity contribution in [3.8, 4) is 0 Å². The number of hydrogen-bond donors (Lipinski definition) is 9. The highest BCUT2D eigenvalue weighted by Crippen LogP contribution is 2.33. The minimum Gasteiger partial charge on any atom is -0.481 e. The number of ether oxygens (including phenoxy) is 1. The summed E-state index contributed by atoms with van der Waals surface area (Å²) < 4.78 is 5.52. The van der Waals surface area contributed by atoms with E-state index in [2.05, 4.69) is 268 Å². The van der Waals surface area contributed by atoms with Gasteiger partial charge in [0.1, 0.15) is 17.3 Å². The van der Waals surface area contributed by atoms with E-state index in [-0.39, 0.29) is 23.9 Å². The zero-order valence-electron chi connectivity index (χ0n) is 89.3. The third-order valence-electron chi connectivity index (χ3n) is 25.7. The Morgan fingerprint density at radius 2 is 0.696 bits per heavy atom. The first-order valence-electron chi connectivity index (χ1n) is 51.2. The van der Waals surface area contributed by atoms with Crippen LogP contribution in [-0.4, -0.2) is 191 Å². The maximum atomic E-state index is 11.3. The number of rotatable bonds is 34. The van der Waals surface area contributed by atoms with E-state index in [9.17, 15) is 24.0 Å². The number of nitrogens with one attached hydrogen (secondary N) is 7. The van der Waals surface area contributed by atoms with Gasteiger partial charge in [-0.3, -0.25) is 24.0 Å². The Bertz CT molecular complexity index is 2730. The molecule has 9 N–H and O–H groups in total. The minimum absolute atomic E-state index is 0.102. The fourth-order valence-electron chi connectivity index (χ4n) is 15.9. The molecular weight excluding hydrogens is 1550 g/mol. The number of carbonyl (C=O) groups excluding carboxylic acids is 3. The highest BCUT2D eigenvalue weighted by molar-refractivity contribution is 5.79. The third-order valence-corrected chi connectivity index (χ3v) is 25.7. The molecule has 0 amide bonds. The molecule has 742 valence electrons. The number of Topliss-reactive ketones (excluding diaryl/α,β-unsaturated/α-hetero) is 3. The van der Waals surface area contributed by atoms with Gasteiger partial charge in [0.25, 0.3) is 0 Å². The van der Waals surface area contributed by atoms with Crippen LogP contribution >= 0.6 is 0 Å². The summed E-state index contributed by atoms with van der Waals surface area (Å²) in [6.07, 6.45) is 41.6. The maximum absolute atomic E-state index is 11.3. The monoisotopic (exact) mass is 1770 g/mol. The van der Waals surface area contributed by atoms with Crippen LogP contribution in [0.1, 0.15) is 427 Å². The normalized spacial score (nSPS) is 23.3. The van der Waals surface area contributed by atoms with E-state index >= 15 is 0 Å². The average Bonchev–Trinajstić information content (AvgIpc) is 1.13. The molecule has 7 atom stereocenters. The molecule has 1 aliphatic heterocycles. The SMILES string of the molecule is CC(=O)C1CCC(CNCCC(C)(C)C)CC1.CC(=O)C1CCC(NCCC(C)(C)C)CC1.CC(=O)C1CCCC(NCCC(C)(C)C)C1.CC(C)(C)CCNC1CC=CCC1C(=O)O.CC(C)(C)CCNC1CCC1.CC(C)(C)CCNC1CCCCC1C(=O)O.CC(C)(C)CCNCC1CCCO1.CCN(CC)CCC(C)(C)C.CN(C)CCC(C)(C)C. The van der Waals surface area contributed by atoms with E-state index in [1.165, 1.54) is 148 Å². The lowest BCUT2D eigenvalue weighted by Gasteiger charge is -2.30. The van der Waals surface area contributed by atoms with Crippen molar-refractivity contribution in [2.24, 2.45) is 84.2 Å². The number of nitrogens with zero attached hydrogens (tertiary/aromatic N) is 2. The van der Waals surface area contributed by atoms with Gasteiger partial charge >= 0.3 is 11.9 Å². The molecule has 6 fully saturated rings. The summed E-state index contributed by atoms with van der Waals surface area (Å²) in [4.78, 5) is 60.7. The Morgan fingerprint density at radius 1 is 0.344 bits per heavy atom. The van der Waals surface area contributed by atoms with E-state index in [4.69, 9.17) is 14.9 Å². The van der Waals surface area contributed by atoms with E-state index in [1.807, 2.05) is 6.08 Å². The van der Waals surface area contributed by atoms with Crippen molar-refractivity contribution in [2.75, 3.05) is 106 Å². The fraction of sp³-hybridized carbons (Fsp3) is 0.935. The molecule has 5 saturated carbocycles. The van der Waals surface area contributed by atoms with Gasteiger partial charge in [0.15, 0.2) is 0 Å². The van der Waals surface area contributed by atoms with Crippen LogP contribution in [0.4, 0.5) is 0 Å². The van der Waals surface area contributed by atoms with Gasteiger partial charge in [0.05, 0.1) is 17.9 Å². The molecule has 0 radical (unpaired) electrons. The molecule has 0 aromatic carbocycles. The summed E-state index contributed by atoms with van der Waals surface area (Å²) >= 11 is 0. The molecule has 0 aromatic rings. The van der Waals surface area contributed by atoms with Crippen molar-refractivity contribution in [3.05, 3.63) is 12.2 Å². The van der Waals surface area contributed by atoms with Crippen molar-refractivity contribution in [1.82, 2.24) is 47.0 Å². The number of ketones is 3. The number of carbonyl (C=O) groups is 5. The molecular formula is C108H217N9O8. The van der Waals surface area contributed by atoms with Crippen molar-refractivity contribution < 1.29 is 38.9 Å². The first-order valence-corrected chi connectivity index (χ1v) is 51.2. The lowest BCUT2D eigenvalue weighted by molar-refractivity contribution is -0.144. The summed E-state index contributed by atoms with van der Waals surface area (Å²) in [7, 11) is 4.23. The van der Waals surface area contributed by atoms with Crippen molar-refractivity contribution in [1.29, 1.82) is 0 Å². The van der Waals surface area contributed by atoms with Gasteiger partial charge < -0.3 is 62.0 Å². The highest BCUT2D eigenvalue weighted by atomic mass is 16.5. The zero-order chi connectivity index (χ0) is 96.1. The van der Waals surface area contributed by atoms with E-state index in [0.717, 1.165) is 154 Å². The highest BCUT2D eigenvalue weighted by Gasteiger charge is 2.33. The predicted octanol–water partition coefficient (Wildman–Crippen LogP) is 24.3. The zero-order valence-corrected chi connectivity index (χ0v) is 89.3. The Morgan fingerprint density at radius 3 is 1.06 bits per heavy atom. The van der Waals surface area contributed by atoms with Crippen LogP contribution in [0.25, 0.3) is 0 Å². The molecule has 7 rings (SSSR count). The number of carboxylic acid groups (broad SMARTS) is 2. The first-order chi connectivity index (χ1) is 57.5. The lowest BCUT2D eigenvalue weighted by atomic mass is 9.80. The summed E-state index contributed by atoms with van der Waals surface area (Å²) in [5, 5.41) is 42.9. The standard InChI is InChI=1S/C15H29NO.2C14H27NO.C13H25NO2.C13H23NO2.C11H23NO.C10H21N.C10H23N.C8H19N/c1-12(17)14-7-5-13(6-8-14)11-16-10-9-15(2,3)4;1-11(16)12-5-7-13(8-6-12)15-10-9-14(2,3)4;1-11(16)12-6-5-7-13(10-12)15-9-8-14(2,3)4;2*1-13(2,3)8-9-14-11-7-5-4-6-10(11)12(15)16;1-11(2,3)6-7-12-9-10-5-4-8-13-10;1-10(2,3)7-8-11-9-5-4-6-9;1-6-11(7-2)9-8-10(3,4)5;1-8(2,3)6-7-9(4)5/h13-14,16H,5-11H2,1-4H3;2*12-13,15H,5-10H2,1-4H3;10-11,14H,4-9H2,1-3H3,(H,15,16);4-5,10-11,14H,6-9H2,1-3H3,(H,15,16);10,12H,4-9H2,1-3H3;9,11H,4-8H2,1-3H3;6-9H2,1-5H3;6-7H2,1-5H3. The fourth-order valence-corrected chi connectivity index (χ4v) is 15.9. The van der Waals surface area contributed by atoms with Gasteiger partial charge in [0.2, 0.25) is 0 Å². The van der Waals surface area contributed by atoms with Gasteiger partial charge in [-0.05, 0) is 348 Å². The molecule has 17 heteroatoms. The molecule has 0 bridgehead atoms. The molecule has 125 heavy (non-hydrogen) atoms. The molecule has 6 aliphatic carbocycles. The number of hydrogen-bond acceptors (Lipinski definition) is 15. The van der Waals surface area contributed by atoms with Gasteiger partial charge in [-0.25, -0.2) is 0 Å². The summed E-state index contributed by atoms with van der Waals surface area (Å²) in [6, 6.07) is 2.37. The van der Waals surface area contributed by atoms with Crippen molar-refractivity contribution in [3.63, 3.8) is 0 Å². The van der Waals surface area contributed by atoms with Crippen LogP contribution in [0.15, 0.2) is 12.2 Å². The number of carboxylic acids is 2. The van der Waals surface area contributed by atoms with Gasteiger partial charge in [0, 0.05) is 61.1 Å². The van der Waals surface area contributed by atoms with E-state index < -0.39 is 11.9 Å². The second-order valence-electron chi connectivity index (χ2n) is 50.1. The van der Waals surface area contributed by atoms with Gasteiger partial charge in [-0.2, -0.15) is 0 Å². The maximum Gasteiger partial charge on any atom is 0.308 e. The Hall–Kier alpha value is -2.71. The molecule has 7 unspecified atom stereocenters. The van der Waals surface area contributed by atoms with Crippen molar-refractivity contribution in [2.45, 2.75) is 463 Å². The number of aliphatic carboxylic acids is 2. The van der Waals surface area contributed by atoms with E-state index in [1.54, 1.807) is 20.8 Å². The van der Waals surface area contributed by atoms with Crippen LogP contribution in [0.3, 0.4) is 0 Å². The second kappa shape index (κ2) is 65.0. The molecule has 1 heterocycles. The van der Waals surface area contributed by atoms with Crippen LogP contribution in [0.5, 0.6) is 0 Å². The largest absolute Gasteiger partial charge is 0.481 e. The Balaban J connectivity index is 0. The molecule has 7 aliphatic rings. The average molecular weight is 1770 g/mol. The Kier molecular flexibility index (Phi) is 64.7. The van der Waals surface area contributed by atoms with E-state index in [0.29, 0.717) is 108 Å². The Labute approximate surface area is 776 Å². The van der Waals surface area contributed by atoms with Crippen molar-refractivity contribution >= 4 is 29.3 Å². The van der Waals surface area contributed by atoms with Gasteiger partial charge in [-0.15, -0.1) is 0 Å². The van der Waals surface area contributed by atoms with Crippen LogP contribution in [0.2, 0.25) is 0 Å². The predicted molar refractivity (Wildman–Crippen MR) is 541 cm³/mol. The molecule has 0 aromatic heterocycles. The summed E-state index contributed by atoms with van der Waals surface area (Å²) in [6.45, 7) is 86.3. The minimum atomic E-state index is -0.683. The smallest absolute Gasteiger partial charge is 0.308 e. The molecule has 17 nitrogen and oxygen atoms in total. The molecule has 1 saturated heterocycles. The number of allylic oxidation sites excluding steroid dienone is 1. The molecule has 0 spiro atoms. The lowest BCUT2D eigenvalue weighted by Crippen LogP contribution is -2.43. The summed E-state index contributed by atoms with van der Waals surface area (Å²) in [5.74, 6) is 1.23.